The molecule has 0 aromatic carbocycles. The van der Waals surface area contributed by atoms with Gasteiger partial charge in [-0.25, -0.2) is 0 Å². The molecule has 3 heteroatoms. The molecule has 2 unspecified atom stereocenters. The average Bonchev–Trinajstić information content (AvgIpc) is 2.92. The molecule has 1 aliphatic heterocycles. The standard InChI is InChI=1S/C16H29N3/c1-3-6-13-11-14(13)18-15(17-4-2)19-10-9-16(12-19)7-5-8-16/h13-14H,3-12H2,1-2H3,(H,17,18). The van der Waals surface area contributed by atoms with Crippen molar-refractivity contribution < 1.29 is 0 Å². The van der Waals surface area contributed by atoms with Gasteiger partial charge in [-0.2, -0.15) is 0 Å². The lowest BCUT2D eigenvalue weighted by Gasteiger charge is -2.38. The Morgan fingerprint density at radius 1 is 1.32 bits per heavy atom. The molecule has 1 N–H and O–H groups in total. The summed E-state index contributed by atoms with van der Waals surface area (Å²) >= 11 is 0. The monoisotopic (exact) mass is 263 g/mol. The first kappa shape index (κ1) is 13.3. The molecule has 108 valence electrons. The van der Waals surface area contributed by atoms with Crippen LogP contribution in [0.25, 0.3) is 0 Å². The summed E-state index contributed by atoms with van der Waals surface area (Å²) in [5, 5.41) is 3.73. The molecule has 0 radical (unpaired) electrons. The van der Waals surface area contributed by atoms with Gasteiger partial charge in [0.25, 0.3) is 0 Å². The Balaban J connectivity index is 1.55. The quantitative estimate of drug-likeness (QED) is 0.623. The van der Waals surface area contributed by atoms with Crippen LogP contribution in [0.3, 0.4) is 0 Å². The van der Waals surface area contributed by atoms with Crippen LogP contribution in [0.4, 0.5) is 0 Å². The molecule has 2 saturated carbocycles. The first-order valence-electron chi connectivity index (χ1n) is 8.32. The molecule has 3 rings (SSSR count). The molecular formula is C16H29N3. The van der Waals surface area contributed by atoms with E-state index in [0.717, 1.165) is 12.5 Å². The van der Waals surface area contributed by atoms with Crippen molar-refractivity contribution in [2.45, 2.75) is 64.8 Å². The Bertz CT molecular complexity index is 346. The zero-order valence-corrected chi connectivity index (χ0v) is 12.6. The summed E-state index contributed by atoms with van der Waals surface area (Å²) in [6.45, 7) is 7.81. The average molecular weight is 263 g/mol. The highest BCUT2D eigenvalue weighted by Crippen LogP contribution is 2.48. The molecule has 0 aromatic rings. The number of nitrogens with zero attached hydrogens (tertiary/aromatic N) is 2. The highest BCUT2D eigenvalue weighted by Gasteiger charge is 2.45. The summed E-state index contributed by atoms with van der Waals surface area (Å²) in [4.78, 5) is 7.27. The van der Waals surface area contributed by atoms with Crippen molar-refractivity contribution in [1.29, 1.82) is 0 Å². The second kappa shape index (κ2) is 5.34. The minimum absolute atomic E-state index is 0.669. The summed E-state index contributed by atoms with van der Waals surface area (Å²) in [7, 11) is 0. The number of aliphatic imine (C=N–C) groups is 1. The van der Waals surface area contributed by atoms with Crippen LogP contribution >= 0.6 is 0 Å². The van der Waals surface area contributed by atoms with E-state index in [1.165, 1.54) is 64.0 Å². The van der Waals surface area contributed by atoms with E-state index in [-0.39, 0.29) is 0 Å². The van der Waals surface area contributed by atoms with Crippen LogP contribution in [0.2, 0.25) is 0 Å². The second-order valence-electron chi connectivity index (χ2n) is 6.86. The molecule has 3 nitrogen and oxygen atoms in total. The Kier molecular flexibility index (Phi) is 3.72. The van der Waals surface area contributed by atoms with Gasteiger partial charge >= 0.3 is 0 Å². The van der Waals surface area contributed by atoms with Gasteiger partial charge in [0, 0.05) is 25.7 Å². The molecule has 19 heavy (non-hydrogen) atoms. The minimum atomic E-state index is 0.669. The Labute approximate surface area is 117 Å². The maximum Gasteiger partial charge on any atom is 0.194 e. The third-order valence-corrected chi connectivity index (χ3v) is 5.36. The SMILES string of the molecule is CCCC1CC1NC(=NCC)N1CCC2(CCC2)C1. The van der Waals surface area contributed by atoms with Crippen molar-refractivity contribution in [3.05, 3.63) is 0 Å². The van der Waals surface area contributed by atoms with Gasteiger partial charge in [-0.15, -0.1) is 0 Å². The third-order valence-electron chi connectivity index (χ3n) is 5.36. The number of rotatable bonds is 4. The molecule has 1 saturated heterocycles. The lowest BCUT2D eigenvalue weighted by atomic mass is 9.68. The fraction of sp³-hybridized carbons (Fsp3) is 0.938. The van der Waals surface area contributed by atoms with Gasteiger partial charge in [-0.1, -0.05) is 19.8 Å². The van der Waals surface area contributed by atoms with Crippen molar-refractivity contribution in [2.75, 3.05) is 19.6 Å². The highest BCUT2D eigenvalue weighted by molar-refractivity contribution is 5.81. The molecular weight excluding hydrogens is 234 g/mol. The summed E-state index contributed by atoms with van der Waals surface area (Å²) in [5.41, 5.74) is 0.669. The molecule has 2 aliphatic carbocycles. The molecule has 2 atom stereocenters. The van der Waals surface area contributed by atoms with E-state index in [2.05, 4.69) is 24.1 Å². The molecule has 0 amide bonds. The van der Waals surface area contributed by atoms with Crippen LogP contribution in [-0.4, -0.2) is 36.5 Å². The van der Waals surface area contributed by atoms with E-state index >= 15 is 0 Å². The summed E-state index contributed by atoms with van der Waals surface area (Å²) in [5.74, 6) is 2.11. The van der Waals surface area contributed by atoms with Gasteiger partial charge < -0.3 is 10.2 Å². The van der Waals surface area contributed by atoms with Crippen LogP contribution in [0.5, 0.6) is 0 Å². The van der Waals surface area contributed by atoms with Gasteiger partial charge in [0.15, 0.2) is 5.96 Å². The van der Waals surface area contributed by atoms with E-state index < -0.39 is 0 Å². The lowest BCUT2D eigenvalue weighted by Crippen LogP contribution is -2.43. The minimum Gasteiger partial charge on any atom is -0.353 e. The number of guanidine groups is 1. The number of hydrogen-bond donors (Lipinski definition) is 1. The zero-order valence-electron chi connectivity index (χ0n) is 12.6. The summed E-state index contributed by atoms with van der Waals surface area (Å²) in [6, 6.07) is 0.711. The maximum atomic E-state index is 4.74. The molecule has 1 heterocycles. The number of likely N-dealkylation sites (tertiary alicyclic amines) is 1. The third kappa shape index (κ3) is 2.75. The van der Waals surface area contributed by atoms with Crippen molar-refractivity contribution in [1.82, 2.24) is 10.2 Å². The van der Waals surface area contributed by atoms with Crippen molar-refractivity contribution in [3.63, 3.8) is 0 Å². The van der Waals surface area contributed by atoms with Gasteiger partial charge in [0.2, 0.25) is 0 Å². The zero-order chi connectivity index (χ0) is 13.3. The van der Waals surface area contributed by atoms with Crippen molar-refractivity contribution in [3.8, 4) is 0 Å². The topological polar surface area (TPSA) is 27.6 Å². The van der Waals surface area contributed by atoms with Crippen molar-refractivity contribution in [2.24, 2.45) is 16.3 Å². The Morgan fingerprint density at radius 2 is 2.16 bits per heavy atom. The van der Waals surface area contributed by atoms with Gasteiger partial charge in [-0.05, 0) is 50.4 Å². The van der Waals surface area contributed by atoms with Gasteiger partial charge in [0.1, 0.15) is 0 Å². The normalized spacial score (nSPS) is 32.5. The lowest BCUT2D eigenvalue weighted by molar-refractivity contribution is 0.151. The maximum absolute atomic E-state index is 4.74. The molecule has 0 aromatic heterocycles. The van der Waals surface area contributed by atoms with E-state index in [4.69, 9.17) is 4.99 Å². The summed E-state index contributed by atoms with van der Waals surface area (Å²) in [6.07, 6.45) is 9.78. The fourth-order valence-electron chi connectivity index (χ4n) is 3.87. The smallest absolute Gasteiger partial charge is 0.194 e. The first-order valence-corrected chi connectivity index (χ1v) is 8.32. The van der Waals surface area contributed by atoms with Gasteiger partial charge in [0.05, 0.1) is 0 Å². The van der Waals surface area contributed by atoms with Crippen molar-refractivity contribution >= 4 is 5.96 Å². The predicted octanol–water partition coefficient (Wildman–Crippen LogP) is 3.02. The van der Waals surface area contributed by atoms with Crippen LogP contribution in [0, 0.1) is 11.3 Å². The van der Waals surface area contributed by atoms with Crippen LogP contribution in [-0.2, 0) is 0 Å². The fourth-order valence-corrected chi connectivity index (χ4v) is 3.87. The Morgan fingerprint density at radius 3 is 2.74 bits per heavy atom. The van der Waals surface area contributed by atoms with E-state index in [9.17, 15) is 0 Å². The van der Waals surface area contributed by atoms with Crippen LogP contribution in [0.15, 0.2) is 4.99 Å². The van der Waals surface area contributed by atoms with Crippen LogP contribution in [0.1, 0.15) is 58.8 Å². The Hall–Kier alpha value is -0.730. The predicted molar refractivity (Wildman–Crippen MR) is 80.4 cm³/mol. The molecule has 3 fully saturated rings. The molecule has 3 aliphatic rings. The second-order valence-corrected chi connectivity index (χ2v) is 6.86. The molecule has 1 spiro atoms. The highest BCUT2D eigenvalue weighted by atomic mass is 15.3. The largest absolute Gasteiger partial charge is 0.353 e. The van der Waals surface area contributed by atoms with Gasteiger partial charge in [-0.3, -0.25) is 4.99 Å². The number of hydrogen-bond acceptors (Lipinski definition) is 1. The van der Waals surface area contributed by atoms with Crippen LogP contribution < -0.4 is 5.32 Å². The van der Waals surface area contributed by atoms with E-state index in [1.807, 2.05) is 0 Å². The van der Waals surface area contributed by atoms with E-state index in [0.29, 0.717) is 11.5 Å². The van der Waals surface area contributed by atoms with E-state index in [1.54, 1.807) is 0 Å². The molecule has 0 bridgehead atoms. The first-order chi connectivity index (χ1) is 9.26. The summed E-state index contributed by atoms with van der Waals surface area (Å²) < 4.78 is 0. The number of nitrogens with one attached hydrogen (secondary N) is 1.